The van der Waals surface area contributed by atoms with Crippen molar-refractivity contribution in [3.05, 3.63) is 36.0 Å². The molecule has 3 rings (SSSR count). The first-order chi connectivity index (χ1) is 10.0. The number of hydrogen-bond donors (Lipinski definition) is 1. The predicted octanol–water partition coefficient (Wildman–Crippen LogP) is 2.06. The summed E-state index contributed by atoms with van der Waals surface area (Å²) in [6.45, 7) is 7.85. The van der Waals surface area contributed by atoms with Crippen molar-refractivity contribution in [1.29, 1.82) is 0 Å². The summed E-state index contributed by atoms with van der Waals surface area (Å²) in [7, 11) is 0. The molecule has 112 valence electrons. The van der Waals surface area contributed by atoms with Gasteiger partial charge in [-0.3, -0.25) is 4.90 Å². The van der Waals surface area contributed by atoms with E-state index < -0.39 is 0 Å². The smallest absolute Gasteiger partial charge is 0.241 e. The van der Waals surface area contributed by atoms with E-state index in [4.69, 9.17) is 4.52 Å². The Balaban J connectivity index is 1.74. The van der Waals surface area contributed by atoms with Gasteiger partial charge in [0, 0.05) is 30.7 Å². The van der Waals surface area contributed by atoms with Gasteiger partial charge in [0.05, 0.1) is 6.54 Å². The molecule has 1 aliphatic rings. The number of piperazine rings is 1. The molecule has 1 fully saturated rings. The summed E-state index contributed by atoms with van der Waals surface area (Å²) in [4.78, 5) is 6.73. The van der Waals surface area contributed by atoms with E-state index in [1.165, 1.54) is 12.1 Å². The van der Waals surface area contributed by atoms with Crippen LogP contribution in [0, 0.1) is 5.82 Å². The maximum absolute atomic E-state index is 12.9. The largest absolute Gasteiger partial charge is 0.338 e. The number of hydrogen-bond acceptors (Lipinski definition) is 5. The first-order valence-electron chi connectivity index (χ1n) is 7.09. The zero-order valence-corrected chi connectivity index (χ0v) is 12.3. The average molecular weight is 290 g/mol. The van der Waals surface area contributed by atoms with E-state index in [0.29, 0.717) is 18.3 Å². The summed E-state index contributed by atoms with van der Waals surface area (Å²) < 4.78 is 18.3. The fraction of sp³-hybridized carbons (Fsp3) is 0.467. The van der Waals surface area contributed by atoms with Crippen molar-refractivity contribution in [3.63, 3.8) is 0 Å². The topological polar surface area (TPSA) is 54.2 Å². The van der Waals surface area contributed by atoms with Crippen LogP contribution in [0.1, 0.15) is 19.7 Å². The SMILES string of the molecule is CC1(C)CNCCN1Cc1nc(-c2ccc(F)cc2)no1. The molecule has 1 saturated heterocycles. The molecule has 0 bridgehead atoms. The molecule has 0 radical (unpaired) electrons. The molecule has 21 heavy (non-hydrogen) atoms. The maximum Gasteiger partial charge on any atom is 0.241 e. The molecule has 2 aromatic rings. The van der Waals surface area contributed by atoms with Gasteiger partial charge in [0.25, 0.3) is 0 Å². The molecule has 0 saturated carbocycles. The Kier molecular flexibility index (Phi) is 3.73. The maximum atomic E-state index is 12.9. The molecule has 1 aromatic carbocycles. The Labute approximate surface area is 123 Å². The van der Waals surface area contributed by atoms with Crippen molar-refractivity contribution >= 4 is 0 Å². The summed E-state index contributed by atoms with van der Waals surface area (Å²) in [5, 5.41) is 7.36. The number of aromatic nitrogens is 2. The molecule has 5 nitrogen and oxygen atoms in total. The Morgan fingerprint density at radius 2 is 2.10 bits per heavy atom. The van der Waals surface area contributed by atoms with Gasteiger partial charge in [0.1, 0.15) is 5.82 Å². The van der Waals surface area contributed by atoms with Gasteiger partial charge in [-0.15, -0.1) is 0 Å². The van der Waals surface area contributed by atoms with E-state index >= 15 is 0 Å². The van der Waals surface area contributed by atoms with Crippen molar-refractivity contribution in [2.75, 3.05) is 19.6 Å². The number of rotatable bonds is 3. The Hall–Kier alpha value is -1.79. The highest BCUT2D eigenvalue weighted by molar-refractivity contribution is 5.53. The van der Waals surface area contributed by atoms with Crippen LogP contribution in [-0.2, 0) is 6.54 Å². The minimum atomic E-state index is -0.273. The zero-order valence-electron chi connectivity index (χ0n) is 12.3. The second-order valence-electron chi connectivity index (χ2n) is 5.93. The molecule has 1 aromatic heterocycles. The molecular weight excluding hydrogens is 271 g/mol. The van der Waals surface area contributed by atoms with Crippen molar-refractivity contribution in [1.82, 2.24) is 20.4 Å². The van der Waals surface area contributed by atoms with Crippen molar-refractivity contribution < 1.29 is 8.91 Å². The molecule has 0 amide bonds. The van der Waals surface area contributed by atoms with E-state index in [-0.39, 0.29) is 11.4 Å². The number of nitrogens with one attached hydrogen (secondary N) is 1. The molecular formula is C15H19FN4O. The molecule has 0 atom stereocenters. The van der Waals surface area contributed by atoms with Gasteiger partial charge in [-0.25, -0.2) is 4.39 Å². The summed E-state index contributed by atoms with van der Waals surface area (Å²) in [5.74, 6) is 0.812. The molecule has 1 N–H and O–H groups in total. The summed E-state index contributed by atoms with van der Waals surface area (Å²) in [5.41, 5.74) is 0.814. The van der Waals surface area contributed by atoms with Crippen LogP contribution in [0.25, 0.3) is 11.4 Å². The minimum Gasteiger partial charge on any atom is -0.338 e. The second-order valence-corrected chi connectivity index (χ2v) is 5.93. The highest BCUT2D eigenvalue weighted by atomic mass is 19.1. The van der Waals surface area contributed by atoms with Crippen LogP contribution in [0.5, 0.6) is 0 Å². The summed E-state index contributed by atoms with van der Waals surface area (Å²) in [6.07, 6.45) is 0. The van der Waals surface area contributed by atoms with Gasteiger partial charge >= 0.3 is 0 Å². The quantitative estimate of drug-likeness (QED) is 0.937. The van der Waals surface area contributed by atoms with Crippen molar-refractivity contribution in [3.8, 4) is 11.4 Å². The van der Waals surface area contributed by atoms with Crippen LogP contribution in [-0.4, -0.2) is 40.2 Å². The molecule has 0 spiro atoms. The van der Waals surface area contributed by atoms with Crippen LogP contribution in [0.2, 0.25) is 0 Å². The third kappa shape index (κ3) is 3.11. The Morgan fingerprint density at radius 3 is 2.81 bits per heavy atom. The summed E-state index contributed by atoms with van der Waals surface area (Å²) in [6, 6.07) is 6.09. The van der Waals surface area contributed by atoms with Crippen molar-refractivity contribution in [2.45, 2.75) is 25.9 Å². The van der Waals surface area contributed by atoms with Gasteiger partial charge in [-0.1, -0.05) is 5.16 Å². The molecule has 0 aliphatic carbocycles. The third-order valence-electron chi connectivity index (χ3n) is 3.87. The highest BCUT2D eigenvalue weighted by Crippen LogP contribution is 2.21. The lowest BCUT2D eigenvalue weighted by Crippen LogP contribution is -2.57. The van der Waals surface area contributed by atoms with E-state index in [1.54, 1.807) is 12.1 Å². The standard InChI is InChI=1S/C15H19FN4O/c1-15(2)10-17-7-8-20(15)9-13-18-14(19-21-13)11-3-5-12(16)6-4-11/h3-6,17H,7-10H2,1-2H3. The number of benzene rings is 1. The van der Waals surface area contributed by atoms with E-state index in [0.717, 1.165) is 25.2 Å². The van der Waals surface area contributed by atoms with Gasteiger partial charge in [0.2, 0.25) is 11.7 Å². The zero-order chi connectivity index (χ0) is 14.9. The lowest BCUT2D eigenvalue weighted by Gasteiger charge is -2.41. The normalized spacial score (nSPS) is 18.8. The van der Waals surface area contributed by atoms with Gasteiger partial charge < -0.3 is 9.84 Å². The van der Waals surface area contributed by atoms with E-state index in [2.05, 4.69) is 34.2 Å². The fourth-order valence-corrected chi connectivity index (χ4v) is 2.51. The Bertz CT molecular complexity index is 608. The van der Waals surface area contributed by atoms with E-state index in [1.807, 2.05) is 0 Å². The fourth-order valence-electron chi connectivity index (χ4n) is 2.51. The van der Waals surface area contributed by atoms with Gasteiger partial charge in [-0.05, 0) is 38.1 Å². The molecule has 0 unspecified atom stereocenters. The van der Waals surface area contributed by atoms with E-state index in [9.17, 15) is 4.39 Å². The third-order valence-corrected chi connectivity index (χ3v) is 3.87. The van der Waals surface area contributed by atoms with Crippen LogP contribution in [0.15, 0.2) is 28.8 Å². The lowest BCUT2D eigenvalue weighted by atomic mass is 10.0. The molecule has 6 heteroatoms. The van der Waals surface area contributed by atoms with Crippen LogP contribution in [0.4, 0.5) is 4.39 Å². The second kappa shape index (κ2) is 5.54. The number of halogens is 1. The van der Waals surface area contributed by atoms with Gasteiger partial charge in [-0.2, -0.15) is 4.98 Å². The average Bonchev–Trinajstić information content (AvgIpc) is 2.90. The van der Waals surface area contributed by atoms with Crippen LogP contribution >= 0.6 is 0 Å². The monoisotopic (exact) mass is 290 g/mol. The predicted molar refractivity (Wildman–Crippen MR) is 77.1 cm³/mol. The van der Waals surface area contributed by atoms with Gasteiger partial charge in [0.15, 0.2) is 0 Å². The van der Waals surface area contributed by atoms with Crippen molar-refractivity contribution in [2.24, 2.45) is 0 Å². The first-order valence-corrected chi connectivity index (χ1v) is 7.09. The number of nitrogens with zero attached hydrogens (tertiary/aromatic N) is 3. The Morgan fingerprint density at radius 1 is 1.33 bits per heavy atom. The lowest BCUT2D eigenvalue weighted by molar-refractivity contribution is 0.0711. The van der Waals surface area contributed by atoms with Crippen LogP contribution in [0.3, 0.4) is 0 Å². The molecule has 1 aliphatic heterocycles. The first kappa shape index (κ1) is 14.2. The highest BCUT2D eigenvalue weighted by Gasteiger charge is 2.30. The summed E-state index contributed by atoms with van der Waals surface area (Å²) >= 11 is 0. The van der Waals surface area contributed by atoms with Crippen LogP contribution < -0.4 is 5.32 Å². The molecule has 2 heterocycles. The minimum absolute atomic E-state index is 0.0583.